The summed E-state index contributed by atoms with van der Waals surface area (Å²) in [6, 6.07) is 14.1. The maximum absolute atomic E-state index is 12.6. The van der Waals surface area contributed by atoms with Gasteiger partial charge in [0.25, 0.3) is 11.8 Å². The maximum atomic E-state index is 12.6. The summed E-state index contributed by atoms with van der Waals surface area (Å²) in [6.45, 7) is 8.02. The molecule has 0 radical (unpaired) electrons. The normalized spacial score (nSPS) is 10.3. The Labute approximate surface area is 161 Å². The first-order valence-electron chi connectivity index (χ1n) is 9.53. The summed E-state index contributed by atoms with van der Waals surface area (Å²) in [4.78, 5) is 27.0. The number of carbonyl (C=O) groups is 2. The minimum absolute atomic E-state index is 0.00681. The van der Waals surface area contributed by atoms with Crippen LogP contribution in [-0.2, 0) is 0 Å². The topological polar surface area (TPSA) is 58.6 Å². The van der Waals surface area contributed by atoms with Crippen LogP contribution < -0.4 is 10.1 Å². The van der Waals surface area contributed by atoms with Gasteiger partial charge in [0.15, 0.2) is 0 Å². The average molecular weight is 368 g/mol. The van der Waals surface area contributed by atoms with Crippen molar-refractivity contribution in [2.75, 3.05) is 25.0 Å². The molecule has 0 aliphatic heterocycles. The summed E-state index contributed by atoms with van der Waals surface area (Å²) in [5.41, 5.74) is 1.72. The lowest BCUT2D eigenvalue weighted by Crippen LogP contribution is -2.32. The molecule has 2 aromatic rings. The minimum Gasteiger partial charge on any atom is -0.492 e. The van der Waals surface area contributed by atoms with Crippen LogP contribution in [0.25, 0.3) is 0 Å². The smallest absolute Gasteiger partial charge is 0.255 e. The van der Waals surface area contributed by atoms with Gasteiger partial charge in [-0.1, -0.05) is 26.0 Å². The standard InChI is InChI=1S/C22H28N2O3/c1-4-15-24(16-5-2)22(26)18-13-11-17(12-14-18)21(25)23-19-9-7-8-10-20(19)27-6-3/h7-14H,4-6,15-16H2,1-3H3,(H,23,25). The van der Waals surface area contributed by atoms with Gasteiger partial charge >= 0.3 is 0 Å². The number of para-hydroxylation sites is 2. The highest BCUT2D eigenvalue weighted by Gasteiger charge is 2.15. The lowest BCUT2D eigenvalue weighted by atomic mass is 10.1. The highest BCUT2D eigenvalue weighted by molar-refractivity contribution is 6.05. The summed E-state index contributed by atoms with van der Waals surface area (Å²) >= 11 is 0. The number of anilines is 1. The molecular weight excluding hydrogens is 340 g/mol. The van der Waals surface area contributed by atoms with E-state index in [4.69, 9.17) is 4.74 Å². The van der Waals surface area contributed by atoms with Crippen molar-refractivity contribution in [1.82, 2.24) is 4.90 Å². The van der Waals surface area contributed by atoms with Crippen LogP contribution in [0.5, 0.6) is 5.75 Å². The van der Waals surface area contributed by atoms with Crippen molar-refractivity contribution in [2.24, 2.45) is 0 Å². The van der Waals surface area contributed by atoms with Crippen molar-refractivity contribution < 1.29 is 14.3 Å². The van der Waals surface area contributed by atoms with Gasteiger partial charge in [0.2, 0.25) is 0 Å². The molecule has 0 aliphatic carbocycles. The zero-order valence-corrected chi connectivity index (χ0v) is 16.3. The number of carbonyl (C=O) groups excluding carboxylic acids is 2. The molecule has 0 atom stereocenters. The van der Waals surface area contributed by atoms with Gasteiger partial charge in [-0.05, 0) is 56.2 Å². The predicted molar refractivity (Wildman–Crippen MR) is 108 cm³/mol. The van der Waals surface area contributed by atoms with Crippen LogP contribution in [0.1, 0.15) is 54.3 Å². The molecule has 0 saturated heterocycles. The van der Waals surface area contributed by atoms with Crippen LogP contribution >= 0.6 is 0 Å². The first kappa shape index (κ1) is 20.5. The van der Waals surface area contributed by atoms with Gasteiger partial charge in [-0.15, -0.1) is 0 Å². The van der Waals surface area contributed by atoms with Crippen molar-refractivity contribution >= 4 is 17.5 Å². The minimum atomic E-state index is -0.236. The molecule has 2 amide bonds. The van der Waals surface area contributed by atoms with E-state index in [2.05, 4.69) is 19.2 Å². The van der Waals surface area contributed by atoms with E-state index in [9.17, 15) is 9.59 Å². The van der Waals surface area contributed by atoms with E-state index in [1.165, 1.54) is 0 Å². The lowest BCUT2D eigenvalue weighted by Gasteiger charge is -2.21. The van der Waals surface area contributed by atoms with Crippen LogP contribution in [0.4, 0.5) is 5.69 Å². The molecule has 5 heteroatoms. The van der Waals surface area contributed by atoms with Crippen LogP contribution in [-0.4, -0.2) is 36.4 Å². The second kappa shape index (κ2) is 10.4. The van der Waals surface area contributed by atoms with Crippen molar-refractivity contribution in [3.05, 3.63) is 59.7 Å². The molecule has 2 aromatic carbocycles. The van der Waals surface area contributed by atoms with Crippen LogP contribution in [0.3, 0.4) is 0 Å². The second-order valence-electron chi connectivity index (χ2n) is 6.25. The summed E-state index contributed by atoms with van der Waals surface area (Å²) in [7, 11) is 0. The third-order valence-corrected chi connectivity index (χ3v) is 4.10. The number of nitrogens with zero attached hydrogens (tertiary/aromatic N) is 1. The van der Waals surface area contributed by atoms with Crippen molar-refractivity contribution in [3.63, 3.8) is 0 Å². The van der Waals surface area contributed by atoms with Gasteiger partial charge in [0.05, 0.1) is 12.3 Å². The monoisotopic (exact) mass is 368 g/mol. The lowest BCUT2D eigenvalue weighted by molar-refractivity contribution is 0.0755. The largest absolute Gasteiger partial charge is 0.492 e. The third kappa shape index (κ3) is 5.58. The fraction of sp³-hybridized carbons (Fsp3) is 0.364. The number of amides is 2. The third-order valence-electron chi connectivity index (χ3n) is 4.10. The number of rotatable bonds is 9. The molecule has 27 heavy (non-hydrogen) atoms. The molecule has 0 aromatic heterocycles. The fourth-order valence-corrected chi connectivity index (χ4v) is 2.85. The summed E-state index contributed by atoms with van der Waals surface area (Å²) < 4.78 is 5.53. The number of benzene rings is 2. The zero-order valence-electron chi connectivity index (χ0n) is 16.3. The number of ether oxygens (including phenoxy) is 1. The van der Waals surface area contributed by atoms with Gasteiger partial charge in [-0.25, -0.2) is 0 Å². The molecule has 0 aliphatic rings. The Morgan fingerprint density at radius 1 is 0.889 bits per heavy atom. The van der Waals surface area contributed by atoms with E-state index >= 15 is 0 Å². The summed E-state index contributed by atoms with van der Waals surface area (Å²) in [5.74, 6) is 0.405. The number of nitrogens with one attached hydrogen (secondary N) is 1. The molecule has 144 valence electrons. The Bertz CT molecular complexity index is 750. The molecular formula is C22H28N2O3. The molecule has 0 heterocycles. The maximum Gasteiger partial charge on any atom is 0.255 e. The second-order valence-corrected chi connectivity index (χ2v) is 6.25. The van der Waals surface area contributed by atoms with Crippen molar-refractivity contribution in [3.8, 4) is 5.75 Å². The Kier molecular flexibility index (Phi) is 7.86. The van der Waals surface area contributed by atoms with Gasteiger partial charge in [-0.3, -0.25) is 9.59 Å². The molecule has 0 fully saturated rings. The van der Waals surface area contributed by atoms with E-state index < -0.39 is 0 Å². The molecule has 5 nitrogen and oxygen atoms in total. The van der Waals surface area contributed by atoms with Gasteiger partial charge in [0.1, 0.15) is 5.75 Å². The van der Waals surface area contributed by atoms with Crippen LogP contribution in [0, 0.1) is 0 Å². The molecule has 0 saturated carbocycles. The first-order valence-corrected chi connectivity index (χ1v) is 9.53. The van der Waals surface area contributed by atoms with Crippen molar-refractivity contribution in [2.45, 2.75) is 33.6 Å². The Morgan fingerprint density at radius 3 is 2.07 bits per heavy atom. The van der Waals surface area contributed by atoms with E-state index in [1.807, 2.05) is 30.0 Å². The fourth-order valence-electron chi connectivity index (χ4n) is 2.85. The predicted octanol–water partition coefficient (Wildman–Crippen LogP) is 4.60. The molecule has 1 N–H and O–H groups in total. The average Bonchev–Trinajstić information content (AvgIpc) is 2.69. The van der Waals surface area contributed by atoms with Crippen LogP contribution in [0.15, 0.2) is 48.5 Å². The Balaban J connectivity index is 2.10. The SMILES string of the molecule is CCCN(CCC)C(=O)c1ccc(C(=O)Nc2ccccc2OCC)cc1. The van der Waals surface area contributed by atoms with E-state index in [-0.39, 0.29) is 11.8 Å². The van der Waals surface area contributed by atoms with Gasteiger partial charge < -0.3 is 15.0 Å². The summed E-state index contributed by atoms with van der Waals surface area (Å²) in [5, 5.41) is 2.86. The van der Waals surface area contributed by atoms with Gasteiger partial charge in [0, 0.05) is 24.2 Å². The quantitative estimate of drug-likeness (QED) is 0.704. The van der Waals surface area contributed by atoms with Gasteiger partial charge in [-0.2, -0.15) is 0 Å². The highest BCUT2D eigenvalue weighted by Crippen LogP contribution is 2.24. The highest BCUT2D eigenvalue weighted by atomic mass is 16.5. The van der Waals surface area contributed by atoms with Crippen LogP contribution in [0.2, 0.25) is 0 Å². The molecule has 2 rings (SSSR count). The molecule has 0 bridgehead atoms. The van der Waals surface area contributed by atoms with Crippen molar-refractivity contribution in [1.29, 1.82) is 0 Å². The molecule has 0 spiro atoms. The number of hydrogen-bond acceptors (Lipinski definition) is 3. The zero-order chi connectivity index (χ0) is 19.6. The van der Waals surface area contributed by atoms with E-state index in [0.717, 1.165) is 25.9 Å². The molecule has 0 unspecified atom stereocenters. The van der Waals surface area contributed by atoms with E-state index in [0.29, 0.717) is 29.2 Å². The number of hydrogen-bond donors (Lipinski definition) is 1. The summed E-state index contributed by atoms with van der Waals surface area (Å²) in [6.07, 6.45) is 1.84. The Hall–Kier alpha value is -2.82. The first-order chi connectivity index (χ1) is 13.1. The Morgan fingerprint density at radius 2 is 1.48 bits per heavy atom. The van der Waals surface area contributed by atoms with E-state index in [1.54, 1.807) is 30.3 Å².